The van der Waals surface area contributed by atoms with E-state index < -0.39 is 0 Å². The number of rotatable bonds is 1. The predicted octanol–water partition coefficient (Wildman–Crippen LogP) is 2.49. The fourth-order valence-electron chi connectivity index (χ4n) is 0.999. The molecule has 0 saturated heterocycles. The molecule has 3 heteroatoms. The molecule has 0 aliphatic rings. The van der Waals surface area contributed by atoms with Crippen LogP contribution in [0.5, 0.6) is 0 Å². The average Bonchev–Trinajstić information content (AvgIpc) is 2.10. The van der Waals surface area contributed by atoms with Gasteiger partial charge in [-0.05, 0) is 24.4 Å². The number of H-pyrrole nitrogens is 1. The topological polar surface area (TPSA) is 28.7 Å². The van der Waals surface area contributed by atoms with E-state index in [9.17, 15) is 0 Å². The zero-order valence-electron chi connectivity index (χ0n) is 6.40. The van der Waals surface area contributed by atoms with Crippen LogP contribution in [0.15, 0.2) is 0 Å². The van der Waals surface area contributed by atoms with Crippen molar-refractivity contribution in [1.29, 1.82) is 0 Å². The van der Waals surface area contributed by atoms with Gasteiger partial charge in [0.05, 0.1) is 5.69 Å². The minimum atomic E-state index is 0.472. The molecule has 0 atom stereocenters. The van der Waals surface area contributed by atoms with Gasteiger partial charge in [0.15, 0.2) is 5.28 Å². The van der Waals surface area contributed by atoms with E-state index in [0.29, 0.717) is 11.2 Å². The number of hydrogen-bond donors (Lipinski definition) is 1. The summed E-state index contributed by atoms with van der Waals surface area (Å²) in [6.45, 7) is 6.17. The molecule has 1 N–H and O–H groups in total. The minimum absolute atomic E-state index is 0.472. The molecule has 0 amide bonds. The van der Waals surface area contributed by atoms with Gasteiger partial charge in [-0.2, -0.15) is 0 Å². The van der Waals surface area contributed by atoms with Gasteiger partial charge in [-0.3, -0.25) is 0 Å². The van der Waals surface area contributed by atoms with Crippen LogP contribution in [0.3, 0.4) is 0 Å². The summed E-state index contributed by atoms with van der Waals surface area (Å²) in [6.07, 6.45) is 0. The lowest BCUT2D eigenvalue weighted by Gasteiger charge is -1.99. The first-order chi connectivity index (χ1) is 4.61. The molecule has 1 aromatic rings. The lowest BCUT2D eigenvalue weighted by Crippen LogP contribution is -1.89. The van der Waals surface area contributed by atoms with Gasteiger partial charge in [-0.15, -0.1) is 0 Å². The van der Waals surface area contributed by atoms with Gasteiger partial charge in [0.2, 0.25) is 0 Å². The van der Waals surface area contributed by atoms with E-state index in [0.717, 1.165) is 11.4 Å². The van der Waals surface area contributed by atoms with E-state index in [1.165, 1.54) is 0 Å². The summed E-state index contributed by atoms with van der Waals surface area (Å²) in [5, 5.41) is 0.487. The van der Waals surface area contributed by atoms with Gasteiger partial charge in [0.25, 0.3) is 0 Å². The van der Waals surface area contributed by atoms with Gasteiger partial charge in [-0.1, -0.05) is 13.8 Å². The third kappa shape index (κ3) is 1.32. The number of nitrogens with zero attached hydrogens (tertiary/aromatic N) is 1. The number of nitrogens with one attached hydrogen (secondary N) is 1. The molecule has 2 nitrogen and oxygen atoms in total. The van der Waals surface area contributed by atoms with Crippen LogP contribution in [0.1, 0.15) is 31.2 Å². The zero-order chi connectivity index (χ0) is 7.72. The molecule has 0 fully saturated rings. The first kappa shape index (κ1) is 7.61. The molecule has 1 rings (SSSR count). The van der Waals surface area contributed by atoms with Gasteiger partial charge in [0, 0.05) is 5.69 Å². The van der Waals surface area contributed by atoms with Crippen LogP contribution < -0.4 is 0 Å². The molecule has 1 heterocycles. The summed E-state index contributed by atoms with van der Waals surface area (Å²) in [4.78, 5) is 7.04. The second kappa shape index (κ2) is 2.62. The van der Waals surface area contributed by atoms with Crippen LogP contribution in [0.25, 0.3) is 0 Å². The number of aryl methyl sites for hydroxylation is 1. The lowest BCUT2D eigenvalue weighted by molar-refractivity contribution is 0.822. The molecule has 1 aromatic heterocycles. The molecule has 0 aliphatic carbocycles. The van der Waals surface area contributed by atoms with Crippen LogP contribution in [0.2, 0.25) is 5.28 Å². The summed E-state index contributed by atoms with van der Waals surface area (Å²) in [6, 6.07) is 0. The normalized spacial score (nSPS) is 10.9. The molecular weight excluding hydrogens is 148 g/mol. The van der Waals surface area contributed by atoms with E-state index in [-0.39, 0.29) is 0 Å². The molecule has 0 radical (unpaired) electrons. The summed E-state index contributed by atoms with van der Waals surface area (Å²) in [5.41, 5.74) is 2.13. The summed E-state index contributed by atoms with van der Waals surface area (Å²) < 4.78 is 0. The van der Waals surface area contributed by atoms with E-state index in [2.05, 4.69) is 23.8 Å². The highest BCUT2D eigenvalue weighted by molar-refractivity contribution is 6.28. The first-order valence-corrected chi connectivity index (χ1v) is 3.71. The Morgan fingerprint density at radius 1 is 1.50 bits per heavy atom. The summed E-state index contributed by atoms with van der Waals surface area (Å²) in [5.74, 6) is 0.472. The fourth-order valence-corrected chi connectivity index (χ4v) is 1.23. The third-order valence-corrected chi connectivity index (χ3v) is 1.65. The molecular formula is C7H11ClN2. The van der Waals surface area contributed by atoms with Crippen molar-refractivity contribution in [3.63, 3.8) is 0 Å². The Hall–Kier alpha value is -0.500. The van der Waals surface area contributed by atoms with Crippen LogP contribution in [0, 0.1) is 6.92 Å². The van der Waals surface area contributed by atoms with Gasteiger partial charge in [0.1, 0.15) is 0 Å². The zero-order valence-corrected chi connectivity index (χ0v) is 7.16. The first-order valence-electron chi connectivity index (χ1n) is 3.33. The Bertz CT molecular complexity index is 228. The number of aromatic nitrogens is 2. The van der Waals surface area contributed by atoms with Crippen molar-refractivity contribution in [3.05, 3.63) is 16.7 Å². The summed E-state index contributed by atoms with van der Waals surface area (Å²) in [7, 11) is 0. The van der Waals surface area contributed by atoms with Crippen LogP contribution in [-0.2, 0) is 0 Å². The molecule has 10 heavy (non-hydrogen) atoms. The maximum atomic E-state index is 5.64. The minimum Gasteiger partial charge on any atom is -0.332 e. The molecule has 0 aliphatic heterocycles. The molecule has 56 valence electrons. The van der Waals surface area contributed by atoms with Crippen LogP contribution in [-0.4, -0.2) is 9.97 Å². The number of aromatic amines is 1. The van der Waals surface area contributed by atoms with E-state index in [1.807, 2.05) is 6.92 Å². The average molecular weight is 159 g/mol. The molecule has 0 spiro atoms. The Kier molecular flexibility index (Phi) is 2.00. The number of hydrogen-bond acceptors (Lipinski definition) is 1. The third-order valence-electron chi connectivity index (χ3n) is 1.47. The maximum Gasteiger partial charge on any atom is 0.200 e. The highest BCUT2D eigenvalue weighted by Crippen LogP contribution is 2.17. The second-order valence-electron chi connectivity index (χ2n) is 2.68. The predicted molar refractivity (Wildman–Crippen MR) is 42.4 cm³/mol. The van der Waals surface area contributed by atoms with Gasteiger partial charge >= 0.3 is 0 Å². The van der Waals surface area contributed by atoms with Crippen molar-refractivity contribution >= 4 is 11.6 Å². The van der Waals surface area contributed by atoms with Gasteiger partial charge in [-0.25, -0.2) is 4.98 Å². The molecule has 0 bridgehead atoms. The smallest absolute Gasteiger partial charge is 0.200 e. The largest absolute Gasteiger partial charge is 0.332 e. The Labute approximate surface area is 65.6 Å². The highest BCUT2D eigenvalue weighted by Gasteiger charge is 2.06. The molecule has 0 aromatic carbocycles. The van der Waals surface area contributed by atoms with E-state index in [1.54, 1.807) is 0 Å². The summed E-state index contributed by atoms with van der Waals surface area (Å²) >= 11 is 5.64. The standard InChI is InChI=1S/C7H11ClN2/c1-4(2)6-5(3)9-7(8)10-6/h4H,1-3H3,(H,9,10). The Balaban J connectivity index is 3.03. The number of imidazole rings is 1. The van der Waals surface area contributed by atoms with Crippen molar-refractivity contribution in [1.82, 2.24) is 9.97 Å². The van der Waals surface area contributed by atoms with E-state index in [4.69, 9.17) is 11.6 Å². The molecule has 0 saturated carbocycles. The van der Waals surface area contributed by atoms with E-state index >= 15 is 0 Å². The van der Waals surface area contributed by atoms with Gasteiger partial charge < -0.3 is 4.98 Å². The van der Waals surface area contributed by atoms with Crippen molar-refractivity contribution in [3.8, 4) is 0 Å². The van der Waals surface area contributed by atoms with Crippen molar-refractivity contribution in [2.75, 3.05) is 0 Å². The lowest BCUT2D eigenvalue weighted by atomic mass is 10.1. The van der Waals surface area contributed by atoms with Crippen molar-refractivity contribution < 1.29 is 0 Å². The van der Waals surface area contributed by atoms with Crippen LogP contribution >= 0.6 is 11.6 Å². The maximum absolute atomic E-state index is 5.64. The van der Waals surface area contributed by atoms with Crippen molar-refractivity contribution in [2.45, 2.75) is 26.7 Å². The highest BCUT2D eigenvalue weighted by atomic mass is 35.5. The fraction of sp³-hybridized carbons (Fsp3) is 0.571. The second-order valence-corrected chi connectivity index (χ2v) is 3.04. The quantitative estimate of drug-likeness (QED) is 0.669. The molecule has 0 unspecified atom stereocenters. The SMILES string of the molecule is Cc1nc(Cl)[nH]c1C(C)C. The Morgan fingerprint density at radius 2 is 2.10 bits per heavy atom. The number of halogens is 1. The Morgan fingerprint density at radius 3 is 2.30 bits per heavy atom. The van der Waals surface area contributed by atoms with Crippen LogP contribution in [0.4, 0.5) is 0 Å². The monoisotopic (exact) mass is 158 g/mol. The van der Waals surface area contributed by atoms with Crippen molar-refractivity contribution in [2.24, 2.45) is 0 Å².